The molecule has 0 spiro atoms. The molecule has 0 aromatic rings. The lowest BCUT2D eigenvalue weighted by Crippen LogP contribution is -2.30. The van der Waals surface area contributed by atoms with Gasteiger partial charge in [0.15, 0.2) is 6.10 Å². The Morgan fingerprint density at radius 1 is 0.241 bits per heavy atom. The van der Waals surface area contributed by atoms with Crippen molar-refractivity contribution in [3.8, 4) is 0 Å². The van der Waals surface area contributed by atoms with Gasteiger partial charge in [-0.2, -0.15) is 0 Å². The van der Waals surface area contributed by atoms with Gasteiger partial charge in [0.25, 0.3) is 0 Å². The summed E-state index contributed by atoms with van der Waals surface area (Å²) in [6.07, 6.45) is 104. The predicted octanol–water partition coefficient (Wildman–Crippen LogP) is 23.0. The highest BCUT2D eigenvalue weighted by Gasteiger charge is 2.19. The molecule has 0 aliphatic carbocycles. The Morgan fingerprint density at radius 2 is 0.434 bits per heavy atom. The van der Waals surface area contributed by atoms with E-state index >= 15 is 0 Å². The second-order valence-electron chi connectivity index (χ2n) is 20.9. The zero-order valence-corrected chi connectivity index (χ0v) is 52.9. The van der Waals surface area contributed by atoms with E-state index in [2.05, 4.69) is 215 Å². The summed E-state index contributed by atoms with van der Waals surface area (Å²) in [6.45, 7) is 6.23. The number of allylic oxidation sites excluding steroid dienone is 32. The SMILES string of the molecule is CC/C=C\C/C=C\C/C=C\C/C=C\C/C=C\C/C=C\C/C=C\C/C=C\CCCCCCCCC(=O)OCC(COC(=O)CCCCCCC/C=C\C/C=C\C/C=C\CC)OC(=O)CCCCC/C=C\C/C=C\C/C=C\C/C=C\C/C=C\CC. The average molecular weight is 1140 g/mol. The van der Waals surface area contributed by atoms with Crippen LogP contribution in [0.3, 0.4) is 0 Å². The number of carbonyl (C=O) groups excluding carboxylic acids is 3. The van der Waals surface area contributed by atoms with Crippen molar-refractivity contribution in [3.63, 3.8) is 0 Å². The van der Waals surface area contributed by atoms with Crippen LogP contribution in [0.15, 0.2) is 194 Å². The molecule has 0 radical (unpaired) electrons. The van der Waals surface area contributed by atoms with Crippen molar-refractivity contribution in [1.82, 2.24) is 0 Å². The Balaban J connectivity index is 4.46. The summed E-state index contributed by atoms with van der Waals surface area (Å²) in [5.74, 6) is -0.986. The molecule has 462 valence electrons. The molecule has 0 aliphatic rings. The summed E-state index contributed by atoms with van der Waals surface area (Å²) in [7, 11) is 0. The lowest BCUT2D eigenvalue weighted by Gasteiger charge is -2.18. The first-order valence-electron chi connectivity index (χ1n) is 32.9. The van der Waals surface area contributed by atoms with Crippen molar-refractivity contribution in [1.29, 1.82) is 0 Å². The van der Waals surface area contributed by atoms with E-state index in [1.165, 1.54) is 12.8 Å². The van der Waals surface area contributed by atoms with Crippen LogP contribution in [-0.4, -0.2) is 37.2 Å². The van der Waals surface area contributed by atoms with Crippen LogP contribution in [0.4, 0.5) is 0 Å². The quantitative estimate of drug-likeness (QED) is 0.0261. The molecule has 0 fully saturated rings. The lowest BCUT2D eigenvalue weighted by atomic mass is 10.1. The first kappa shape index (κ1) is 77.2. The normalized spacial score (nSPS) is 13.4. The number of hydrogen-bond acceptors (Lipinski definition) is 6. The zero-order chi connectivity index (χ0) is 59.9. The monoisotopic (exact) mass is 1140 g/mol. The summed E-state index contributed by atoms with van der Waals surface area (Å²) in [5.41, 5.74) is 0. The van der Waals surface area contributed by atoms with Crippen molar-refractivity contribution in [2.75, 3.05) is 13.2 Å². The highest BCUT2D eigenvalue weighted by atomic mass is 16.6. The Bertz CT molecular complexity index is 1990. The molecule has 0 N–H and O–H groups in total. The summed E-state index contributed by atoms with van der Waals surface area (Å²) in [4.78, 5) is 38.4. The molecule has 0 saturated carbocycles. The summed E-state index contributed by atoms with van der Waals surface area (Å²) >= 11 is 0. The van der Waals surface area contributed by atoms with Crippen LogP contribution >= 0.6 is 0 Å². The number of hydrogen-bond donors (Lipinski definition) is 0. The number of carbonyl (C=O) groups is 3. The number of ether oxygens (including phenoxy) is 3. The fourth-order valence-corrected chi connectivity index (χ4v) is 8.26. The first-order valence-corrected chi connectivity index (χ1v) is 32.9. The topological polar surface area (TPSA) is 78.9 Å². The van der Waals surface area contributed by atoms with Crippen molar-refractivity contribution in [2.45, 2.75) is 258 Å². The summed E-state index contributed by atoms with van der Waals surface area (Å²) < 4.78 is 16.9. The molecule has 83 heavy (non-hydrogen) atoms. The molecular weight excluding hydrogens is 1020 g/mol. The van der Waals surface area contributed by atoms with Crippen LogP contribution in [0.5, 0.6) is 0 Å². The smallest absolute Gasteiger partial charge is 0.306 e. The molecule has 1 atom stereocenters. The van der Waals surface area contributed by atoms with Gasteiger partial charge in [-0.05, 0) is 161 Å². The standard InChI is InChI=1S/C77H118O6/c1-4-7-10-13-16-19-22-25-28-30-32-33-34-35-36-37-38-39-40-41-42-43-45-46-49-52-55-58-61-64-67-70-76(79)82-73-74(72-81-75(78)69-66-63-60-57-54-51-48-27-24-21-18-15-12-9-6-3)83-77(80)71-68-65-62-59-56-53-50-47-44-31-29-26-23-20-17-14-11-8-5-2/h7-12,16-21,25-29,32-33,35-36,38-39,41-42,44-48,53,56,74H,4-6,13-15,22-24,30-31,34,37,40,43,49-52,54-55,57-73H2,1-3H3/b10-7-,11-8-,12-9-,19-16-,20-17-,21-18-,28-25-,29-26-,33-32-,36-35-,39-38-,42-41-,46-45-,47-44-,48-27-,56-53-. The number of esters is 3. The maximum absolute atomic E-state index is 12.9. The largest absolute Gasteiger partial charge is 0.462 e. The Labute approximate surface area is 509 Å². The molecule has 0 aromatic carbocycles. The first-order chi connectivity index (χ1) is 41.0. The van der Waals surface area contributed by atoms with Crippen LogP contribution < -0.4 is 0 Å². The number of rotatable bonds is 57. The molecule has 0 bridgehead atoms. The van der Waals surface area contributed by atoms with E-state index in [1.807, 2.05) is 0 Å². The lowest BCUT2D eigenvalue weighted by molar-refractivity contribution is -0.167. The van der Waals surface area contributed by atoms with E-state index in [0.29, 0.717) is 19.3 Å². The fraction of sp³-hybridized carbons (Fsp3) is 0.545. The van der Waals surface area contributed by atoms with Gasteiger partial charge < -0.3 is 14.2 Å². The Morgan fingerprint density at radius 3 is 0.687 bits per heavy atom. The van der Waals surface area contributed by atoms with Gasteiger partial charge in [-0.25, -0.2) is 0 Å². The van der Waals surface area contributed by atoms with Crippen molar-refractivity contribution >= 4 is 17.9 Å². The van der Waals surface area contributed by atoms with Crippen LogP contribution in [-0.2, 0) is 28.6 Å². The van der Waals surface area contributed by atoms with Gasteiger partial charge in [-0.1, -0.05) is 267 Å². The van der Waals surface area contributed by atoms with E-state index in [4.69, 9.17) is 14.2 Å². The van der Waals surface area contributed by atoms with Gasteiger partial charge in [-0.3, -0.25) is 14.4 Å². The van der Waals surface area contributed by atoms with Gasteiger partial charge in [0.2, 0.25) is 0 Å². The summed E-state index contributed by atoms with van der Waals surface area (Å²) in [6, 6.07) is 0. The van der Waals surface area contributed by atoms with Crippen molar-refractivity contribution in [3.05, 3.63) is 194 Å². The predicted molar refractivity (Wildman–Crippen MR) is 361 cm³/mol. The van der Waals surface area contributed by atoms with Crippen molar-refractivity contribution < 1.29 is 28.6 Å². The van der Waals surface area contributed by atoms with Crippen LogP contribution in [0, 0.1) is 0 Å². The molecule has 6 nitrogen and oxygen atoms in total. The van der Waals surface area contributed by atoms with Crippen LogP contribution in [0.2, 0.25) is 0 Å². The summed E-state index contributed by atoms with van der Waals surface area (Å²) in [5, 5.41) is 0. The van der Waals surface area contributed by atoms with E-state index in [9.17, 15) is 14.4 Å². The van der Waals surface area contributed by atoms with Gasteiger partial charge in [0.05, 0.1) is 0 Å². The second kappa shape index (κ2) is 68.7. The number of unbranched alkanes of at least 4 members (excludes halogenated alkanes) is 14. The minimum Gasteiger partial charge on any atom is -0.462 e. The van der Waals surface area contributed by atoms with Gasteiger partial charge in [-0.15, -0.1) is 0 Å². The molecule has 6 heteroatoms. The molecular formula is C77H118O6. The zero-order valence-electron chi connectivity index (χ0n) is 52.9. The van der Waals surface area contributed by atoms with Crippen molar-refractivity contribution in [2.24, 2.45) is 0 Å². The average Bonchev–Trinajstić information content (AvgIpc) is 3.49. The van der Waals surface area contributed by atoms with Gasteiger partial charge >= 0.3 is 17.9 Å². The molecule has 0 heterocycles. The molecule has 0 rings (SSSR count). The molecule has 0 saturated heterocycles. The Kier molecular flexibility index (Phi) is 64.0. The third-order valence-electron chi connectivity index (χ3n) is 13.1. The van der Waals surface area contributed by atoms with E-state index in [1.54, 1.807) is 0 Å². The highest BCUT2D eigenvalue weighted by molar-refractivity contribution is 5.71. The van der Waals surface area contributed by atoms with E-state index < -0.39 is 6.10 Å². The molecule has 0 aromatic heterocycles. The fourth-order valence-electron chi connectivity index (χ4n) is 8.26. The molecule has 1 unspecified atom stereocenters. The highest BCUT2D eigenvalue weighted by Crippen LogP contribution is 2.13. The Hall–Kier alpha value is -5.75. The minimum absolute atomic E-state index is 0.115. The molecule has 0 aliphatic heterocycles. The van der Waals surface area contributed by atoms with E-state index in [-0.39, 0.29) is 37.5 Å². The third-order valence-corrected chi connectivity index (χ3v) is 13.1. The third kappa shape index (κ3) is 66.9. The second-order valence-corrected chi connectivity index (χ2v) is 20.9. The van der Waals surface area contributed by atoms with Gasteiger partial charge in [0.1, 0.15) is 13.2 Å². The molecule has 0 amide bonds. The van der Waals surface area contributed by atoms with Crippen LogP contribution in [0.1, 0.15) is 252 Å². The van der Waals surface area contributed by atoms with Crippen LogP contribution in [0.25, 0.3) is 0 Å². The minimum atomic E-state index is -0.823. The van der Waals surface area contributed by atoms with Gasteiger partial charge in [0, 0.05) is 19.3 Å². The maximum atomic E-state index is 12.9. The maximum Gasteiger partial charge on any atom is 0.306 e. The van der Waals surface area contributed by atoms with E-state index in [0.717, 1.165) is 193 Å².